The van der Waals surface area contributed by atoms with Crippen LogP contribution in [0.15, 0.2) is 84.9 Å². The van der Waals surface area contributed by atoms with Crippen LogP contribution in [0.1, 0.15) is 23.2 Å². The van der Waals surface area contributed by atoms with Gasteiger partial charge in [0.25, 0.3) is 0 Å². The average Bonchev–Trinajstić information content (AvgIpc) is 3.15. The first-order valence-corrected chi connectivity index (χ1v) is 9.17. The normalized spacial score (nSPS) is 21.5. The van der Waals surface area contributed by atoms with Crippen LogP contribution in [0, 0.1) is 11.7 Å². The monoisotopic (exact) mass is 376 g/mol. The topological polar surface area (TPSA) is 41.6 Å². The molecule has 0 amide bonds. The second-order valence-corrected chi connectivity index (χ2v) is 6.77. The zero-order valence-corrected chi connectivity index (χ0v) is 15.5. The van der Waals surface area contributed by atoms with Gasteiger partial charge in [0.15, 0.2) is 0 Å². The summed E-state index contributed by atoms with van der Waals surface area (Å²) in [7, 11) is 1.40. The number of carbonyl (C=O) groups excluding carboxylic acids is 1. The summed E-state index contributed by atoms with van der Waals surface area (Å²) in [6.07, 6.45) is 0. The van der Waals surface area contributed by atoms with Gasteiger partial charge in [0.1, 0.15) is 11.7 Å². The van der Waals surface area contributed by atoms with Crippen LogP contribution < -0.4 is 10.4 Å². The van der Waals surface area contributed by atoms with Crippen molar-refractivity contribution in [1.82, 2.24) is 5.43 Å². The van der Waals surface area contributed by atoms with Crippen molar-refractivity contribution >= 4 is 11.7 Å². The van der Waals surface area contributed by atoms with Crippen molar-refractivity contribution in [2.75, 3.05) is 12.1 Å². The maximum Gasteiger partial charge on any atom is 0.313 e. The van der Waals surface area contributed by atoms with Gasteiger partial charge in [-0.3, -0.25) is 9.80 Å². The van der Waals surface area contributed by atoms with E-state index in [0.29, 0.717) is 0 Å². The molecular formula is C23H21FN2O2. The minimum Gasteiger partial charge on any atom is -0.469 e. The number of ether oxygens (including phenoxy) is 1. The number of methoxy groups -OCH3 is 1. The van der Waals surface area contributed by atoms with E-state index >= 15 is 0 Å². The largest absolute Gasteiger partial charge is 0.469 e. The molecule has 0 aromatic heterocycles. The summed E-state index contributed by atoms with van der Waals surface area (Å²) >= 11 is 0. The number of halogens is 1. The number of hydrazine groups is 1. The lowest BCUT2D eigenvalue weighted by atomic mass is 9.85. The Hall–Kier alpha value is -3.18. The molecule has 1 heterocycles. The number of esters is 1. The standard InChI is InChI=1S/C23H21FN2O2/c1-28-23(27)20-21(16-12-14-18(24)15-13-16)25-26(19-10-6-3-7-11-19)22(20)17-8-4-2-5-9-17/h2-15,20-22,25H,1H3. The number of anilines is 1. The molecule has 1 aliphatic heterocycles. The van der Waals surface area contributed by atoms with Crippen LogP contribution in [-0.2, 0) is 9.53 Å². The van der Waals surface area contributed by atoms with Gasteiger partial charge in [0.2, 0.25) is 0 Å². The number of hydrogen-bond donors (Lipinski definition) is 1. The highest BCUT2D eigenvalue weighted by Gasteiger charge is 2.48. The van der Waals surface area contributed by atoms with Crippen molar-refractivity contribution in [3.8, 4) is 0 Å². The number of rotatable bonds is 4. The summed E-state index contributed by atoms with van der Waals surface area (Å²) in [6.45, 7) is 0. The molecule has 0 bridgehead atoms. The van der Waals surface area contributed by atoms with Crippen molar-refractivity contribution in [2.24, 2.45) is 5.92 Å². The van der Waals surface area contributed by atoms with Crippen molar-refractivity contribution in [3.63, 3.8) is 0 Å². The lowest BCUT2D eigenvalue weighted by Gasteiger charge is -2.28. The maximum atomic E-state index is 13.5. The van der Waals surface area contributed by atoms with E-state index in [1.165, 1.54) is 19.2 Å². The number of para-hydroxylation sites is 1. The second kappa shape index (κ2) is 7.82. The van der Waals surface area contributed by atoms with Gasteiger partial charge < -0.3 is 4.74 Å². The highest BCUT2D eigenvalue weighted by molar-refractivity contribution is 5.77. The van der Waals surface area contributed by atoms with Crippen LogP contribution in [0.4, 0.5) is 10.1 Å². The molecule has 1 fully saturated rings. The van der Waals surface area contributed by atoms with Crippen LogP contribution >= 0.6 is 0 Å². The zero-order valence-electron chi connectivity index (χ0n) is 15.5. The van der Waals surface area contributed by atoms with Gasteiger partial charge in [0, 0.05) is 0 Å². The molecule has 3 atom stereocenters. The van der Waals surface area contributed by atoms with E-state index in [9.17, 15) is 9.18 Å². The minimum absolute atomic E-state index is 0.272. The second-order valence-electron chi connectivity index (χ2n) is 6.77. The molecule has 1 aliphatic rings. The lowest BCUT2D eigenvalue weighted by Crippen LogP contribution is -2.34. The van der Waals surface area contributed by atoms with Crippen LogP contribution in [0.3, 0.4) is 0 Å². The van der Waals surface area contributed by atoms with Gasteiger partial charge in [-0.2, -0.15) is 0 Å². The predicted molar refractivity (Wildman–Crippen MR) is 106 cm³/mol. The molecule has 28 heavy (non-hydrogen) atoms. The third kappa shape index (κ3) is 3.37. The van der Waals surface area contributed by atoms with Crippen molar-refractivity contribution in [1.29, 1.82) is 0 Å². The van der Waals surface area contributed by atoms with E-state index in [-0.39, 0.29) is 23.9 Å². The Morgan fingerprint density at radius 1 is 0.893 bits per heavy atom. The Morgan fingerprint density at radius 3 is 2.11 bits per heavy atom. The van der Waals surface area contributed by atoms with Crippen LogP contribution in [-0.4, -0.2) is 13.1 Å². The fraction of sp³-hybridized carbons (Fsp3) is 0.174. The number of hydrogen-bond acceptors (Lipinski definition) is 4. The van der Waals surface area contributed by atoms with Crippen molar-refractivity contribution < 1.29 is 13.9 Å². The Labute approximate surface area is 163 Å². The summed E-state index contributed by atoms with van der Waals surface area (Å²) in [6, 6.07) is 25.3. The Bertz CT molecular complexity index is 932. The number of benzene rings is 3. The highest BCUT2D eigenvalue weighted by Crippen LogP contribution is 2.45. The molecule has 0 saturated carbocycles. The quantitative estimate of drug-likeness (QED) is 0.685. The molecular weight excluding hydrogens is 355 g/mol. The summed E-state index contributed by atoms with van der Waals surface area (Å²) in [5.41, 5.74) is 6.24. The van der Waals surface area contributed by atoms with Gasteiger partial charge in [-0.05, 0) is 35.4 Å². The summed E-state index contributed by atoms with van der Waals surface area (Å²) < 4.78 is 18.6. The average molecular weight is 376 g/mol. The van der Waals surface area contributed by atoms with Gasteiger partial charge in [-0.1, -0.05) is 60.7 Å². The summed E-state index contributed by atoms with van der Waals surface area (Å²) in [5.74, 6) is -1.12. The molecule has 1 saturated heterocycles. The molecule has 3 aromatic rings. The number of nitrogens with one attached hydrogen (secondary N) is 1. The van der Waals surface area contributed by atoms with Gasteiger partial charge in [-0.25, -0.2) is 9.82 Å². The Balaban J connectivity index is 1.84. The van der Waals surface area contributed by atoms with E-state index in [2.05, 4.69) is 5.43 Å². The third-order valence-electron chi connectivity index (χ3n) is 5.13. The molecule has 3 aromatic carbocycles. The molecule has 3 unspecified atom stereocenters. The van der Waals surface area contributed by atoms with Crippen LogP contribution in [0.5, 0.6) is 0 Å². The van der Waals surface area contributed by atoms with Crippen LogP contribution in [0.2, 0.25) is 0 Å². The smallest absolute Gasteiger partial charge is 0.313 e. The van der Waals surface area contributed by atoms with E-state index in [0.717, 1.165) is 16.8 Å². The van der Waals surface area contributed by atoms with Gasteiger partial charge in [-0.15, -0.1) is 0 Å². The minimum atomic E-state index is -0.502. The lowest BCUT2D eigenvalue weighted by molar-refractivity contribution is -0.146. The first-order chi connectivity index (χ1) is 13.7. The van der Waals surface area contributed by atoms with Crippen molar-refractivity contribution in [2.45, 2.75) is 12.1 Å². The van der Waals surface area contributed by atoms with E-state index in [4.69, 9.17) is 4.74 Å². The molecule has 4 nitrogen and oxygen atoms in total. The third-order valence-corrected chi connectivity index (χ3v) is 5.13. The van der Waals surface area contributed by atoms with Gasteiger partial charge >= 0.3 is 5.97 Å². The maximum absolute atomic E-state index is 13.5. The summed E-state index contributed by atoms with van der Waals surface area (Å²) in [4.78, 5) is 12.9. The van der Waals surface area contributed by atoms with E-state index < -0.39 is 5.92 Å². The van der Waals surface area contributed by atoms with E-state index in [1.54, 1.807) is 12.1 Å². The molecule has 4 rings (SSSR count). The molecule has 5 heteroatoms. The van der Waals surface area contributed by atoms with Crippen molar-refractivity contribution in [3.05, 3.63) is 102 Å². The molecule has 0 aliphatic carbocycles. The predicted octanol–water partition coefficient (Wildman–Crippen LogP) is 4.42. The Morgan fingerprint density at radius 2 is 1.50 bits per heavy atom. The SMILES string of the molecule is COC(=O)C1C(c2ccc(F)cc2)NN(c2ccccc2)C1c1ccccc1. The fourth-order valence-corrected chi connectivity index (χ4v) is 3.84. The molecule has 142 valence electrons. The van der Waals surface area contributed by atoms with Gasteiger partial charge in [0.05, 0.1) is 24.9 Å². The number of carbonyl (C=O) groups is 1. The fourth-order valence-electron chi connectivity index (χ4n) is 3.84. The zero-order chi connectivity index (χ0) is 19.5. The molecule has 0 radical (unpaired) electrons. The highest BCUT2D eigenvalue weighted by atomic mass is 19.1. The van der Waals surface area contributed by atoms with Crippen LogP contribution in [0.25, 0.3) is 0 Å². The number of nitrogens with zero attached hydrogens (tertiary/aromatic N) is 1. The van der Waals surface area contributed by atoms with E-state index in [1.807, 2.05) is 65.7 Å². The summed E-state index contributed by atoms with van der Waals surface area (Å²) in [5, 5.41) is 2.00. The molecule has 1 N–H and O–H groups in total. The first-order valence-electron chi connectivity index (χ1n) is 9.17. The first kappa shape index (κ1) is 18.2. The Kier molecular flexibility index (Phi) is 5.08. The molecule has 0 spiro atoms.